The molecule has 0 heterocycles. The van der Waals surface area contributed by atoms with Crippen LogP contribution < -0.4 is 0 Å². The molecule has 1 unspecified atom stereocenters. The fourth-order valence-electron chi connectivity index (χ4n) is 6.39. The maximum atomic E-state index is 2.57. The van der Waals surface area contributed by atoms with Crippen molar-refractivity contribution < 1.29 is 0 Å². The molecule has 3 aromatic carbocycles. The second-order valence-electron chi connectivity index (χ2n) is 10.5. The fourth-order valence-corrected chi connectivity index (χ4v) is 6.39. The summed E-state index contributed by atoms with van der Waals surface area (Å²) in [7, 11) is 0. The van der Waals surface area contributed by atoms with Gasteiger partial charge in [-0.2, -0.15) is 0 Å². The second-order valence-corrected chi connectivity index (χ2v) is 10.5. The van der Waals surface area contributed by atoms with Gasteiger partial charge in [0.2, 0.25) is 0 Å². The number of hydrogen-bond donors (Lipinski definition) is 0. The van der Waals surface area contributed by atoms with Gasteiger partial charge in [0.1, 0.15) is 0 Å². The van der Waals surface area contributed by atoms with Crippen LogP contribution in [0.4, 0.5) is 0 Å². The molecule has 0 heteroatoms. The van der Waals surface area contributed by atoms with Crippen LogP contribution in [0.1, 0.15) is 114 Å². The van der Waals surface area contributed by atoms with Gasteiger partial charge in [-0.05, 0) is 58.4 Å². The lowest BCUT2D eigenvalue weighted by Gasteiger charge is -2.33. The standard InChI is InChI=1S/C33H44/c1-4-6-8-10-12-18-24-33(23-17-11-9-7-5-2)30-22-16-15-21-29(30)32-28-20-14-13-19-27(28)26(3)25-31(32)33/h13-16,19-22,25H,4-12,17-18,23-24H2,1-3H3. The van der Waals surface area contributed by atoms with Gasteiger partial charge >= 0.3 is 0 Å². The third-order valence-electron chi connectivity index (χ3n) is 8.14. The van der Waals surface area contributed by atoms with Crippen molar-refractivity contribution in [3.05, 3.63) is 71.3 Å². The monoisotopic (exact) mass is 440 g/mol. The van der Waals surface area contributed by atoms with Gasteiger partial charge in [-0.1, -0.05) is 139 Å². The molecule has 1 aliphatic rings. The van der Waals surface area contributed by atoms with E-state index >= 15 is 0 Å². The first-order valence-corrected chi connectivity index (χ1v) is 13.9. The van der Waals surface area contributed by atoms with Gasteiger partial charge in [0.05, 0.1) is 0 Å². The molecule has 0 saturated carbocycles. The van der Waals surface area contributed by atoms with Crippen molar-refractivity contribution in [3.63, 3.8) is 0 Å². The van der Waals surface area contributed by atoms with Gasteiger partial charge in [0, 0.05) is 5.41 Å². The van der Waals surface area contributed by atoms with Crippen LogP contribution in [0, 0.1) is 6.92 Å². The van der Waals surface area contributed by atoms with E-state index in [4.69, 9.17) is 0 Å². The fraction of sp³-hybridized carbons (Fsp3) is 0.515. The molecule has 0 aliphatic heterocycles. The summed E-state index contributed by atoms with van der Waals surface area (Å²) in [5, 5.41) is 2.88. The van der Waals surface area contributed by atoms with Crippen molar-refractivity contribution in [2.45, 2.75) is 110 Å². The van der Waals surface area contributed by atoms with E-state index in [0.717, 1.165) is 0 Å². The number of fused-ring (bicyclic) bond motifs is 5. The Labute approximate surface area is 202 Å². The highest BCUT2D eigenvalue weighted by atomic mass is 14.5. The zero-order chi connectivity index (χ0) is 23.1. The Bertz CT molecular complexity index is 1040. The van der Waals surface area contributed by atoms with Gasteiger partial charge in [0.15, 0.2) is 0 Å². The minimum absolute atomic E-state index is 0.192. The number of unbranched alkanes of at least 4 members (excludes halogenated alkanes) is 9. The normalized spacial score (nSPS) is 16.8. The van der Waals surface area contributed by atoms with Crippen molar-refractivity contribution in [3.8, 4) is 11.1 Å². The highest BCUT2D eigenvalue weighted by molar-refractivity contribution is 6.03. The summed E-state index contributed by atoms with van der Waals surface area (Å²) in [6.07, 6.45) is 17.6. The van der Waals surface area contributed by atoms with E-state index in [2.05, 4.69) is 75.4 Å². The van der Waals surface area contributed by atoms with E-state index in [-0.39, 0.29) is 5.41 Å². The third kappa shape index (κ3) is 4.91. The maximum Gasteiger partial charge on any atom is 0.0215 e. The Morgan fingerprint density at radius 3 is 1.79 bits per heavy atom. The minimum atomic E-state index is 0.192. The molecule has 0 fully saturated rings. The summed E-state index contributed by atoms with van der Waals surface area (Å²) in [6, 6.07) is 21.1. The predicted octanol–water partition coefficient (Wildman–Crippen LogP) is 10.5. The van der Waals surface area contributed by atoms with E-state index in [1.807, 2.05) is 0 Å². The maximum absolute atomic E-state index is 2.57. The van der Waals surface area contributed by atoms with Crippen molar-refractivity contribution in [1.29, 1.82) is 0 Å². The molecule has 1 aliphatic carbocycles. The minimum Gasteiger partial charge on any atom is -0.0654 e. The second kappa shape index (κ2) is 11.4. The molecule has 0 nitrogen and oxygen atoms in total. The van der Waals surface area contributed by atoms with Gasteiger partial charge in [0.25, 0.3) is 0 Å². The van der Waals surface area contributed by atoms with E-state index in [0.29, 0.717) is 0 Å². The predicted molar refractivity (Wildman–Crippen MR) is 146 cm³/mol. The van der Waals surface area contributed by atoms with Crippen molar-refractivity contribution in [2.24, 2.45) is 0 Å². The summed E-state index contributed by atoms with van der Waals surface area (Å²) in [5.74, 6) is 0. The van der Waals surface area contributed by atoms with Crippen LogP contribution in [0.3, 0.4) is 0 Å². The van der Waals surface area contributed by atoms with Crippen LogP contribution >= 0.6 is 0 Å². The Balaban J connectivity index is 1.73. The lowest BCUT2D eigenvalue weighted by Crippen LogP contribution is -2.25. The van der Waals surface area contributed by atoms with Gasteiger partial charge < -0.3 is 0 Å². The number of aryl methyl sites for hydroxylation is 1. The molecule has 0 saturated heterocycles. The molecule has 0 radical (unpaired) electrons. The largest absolute Gasteiger partial charge is 0.0654 e. The lowest BCUT2D eigenvalue weighted by atomic mass is 9.70. The molecule has 33 heavy (non-hydrogen) atoms. The van der Waals surface area contributed by atoms with Crippen molar-refractivity contribution in [2.75, 3.05) is 0 Å². The van der Waals surface area contributed by atoms with Gasteiger partial charge in [-0.15, -0.1) is 0 Å². The van der Waals surface area contributed by atoms with Gasteiger partial charge in [-0.25, -0.2) is 0 Å². The first kappa shape index (κ1) is 24.1. The summed E-state index contributed by atoms with van der Waals surface area (Å²) in [5.41, 5.74) is 7.91. The number of hydrogen-bond acceptors (Lipinski definition) is 0. The van der Waals surface area contributed by atoms with Crippen LogP contribution in [0.25, 0.3) is 21.9 Å². The molecular weight excluding hydrogens is 396 g/mol. The van der Waals surface area contributed by atoms with E-state index in [1.54, 1.807) is 11.1 Å². The topological polar surface area (TPSA) is 0 Å². The quantitative estimate of drug-likeness (QED) is 0.232. The molecule has 4 rings (SSSR count). The Morgan fingerprint density at radius 1 is 0.576 bits per heavy atom. The zero-order valence-electron chi connectivity index (χ0n) is 21.4. The zero-order valence-corrected chi connectivity index (χ0v) is 21.4. The van der Waals surface area contributed by atoms with Crippen LogP contribution in [0.15, 0.2) is 54.6 Å². The molecule has 1 atom stereocenters. The first-order chi connectivity index (χ1) is 16.2. The summed E-state index contributed by atoms with van der Waals surface area (Å²) in [6.45, 7) is 6.95. The molecule has 0 aromatic heterocycles. The average Bonchev–Trinajstić information content (AvgIpc) is 3.11. The number of benzene rings is 3. The molecule has 176 valence electrons. The Morgan fingerprint density at radius 2 is 1.12 bits per heavy atom. The lowest BCUT2D eigenvalue weighted by molar-refractivity contribution is 0.398. The Hall–Kier alpha value is -2.08. The van der Waals surface area contributed by atoms with Crippen LogP contribution in [0.5, 0.6) is 0 Å². The van der Waals surface area contributed by atoms with Crippen LogP contribution in [-0.2, 0) is 5.41 Å². The smallest absolute Gasteiger partial charge is 0.0215 e. The molecule has 0 bridgehead atoms. The molecule has 3 aromatic rings. The third-order valence-corrected chi connectivity index (χ3v) is 8.14. The molecule has 0 N–H and O–H groups in total. The SMILES string of the molecule is CCCCCCCCC1(CCCCCCC)c2ccccc2-c2c1cc(C)c1ccccc21. The van der Waals surface area contributed by atoms with E-state index < -0.39 is 0 Å². The molecular formula is C33H44. The molecule has 0 spiro atoms. The van der Waals surface area contributed by atoms with Gasteiger partial charge in [-0.3, -0.25) is 0 Å². The van der Waals surface area contributed by atoms with Crippen molar-refractivity contribution in [1.82, 2.24) is 0 Å². The summed E-state index contributed by atoms with van der Waals surface area (Å²) in [4.78, 5) is 0. The number of rotatable bonds is 13. The van der Waals surface area contributed by atoms with E-state index in [1.165, 1.54) is 111 Å². The van der Waals surface area contributed by atoms with Crippen molar-refractivity contribution >= 4 is 10.8 Å². The summed E-state index contributed by atoms with van der Waals surface area (Å²) < 4.78 is 0. The Kier molecular flexibility index (Phi) is 8.29. The highest BCUT2D eigenvalue weighted by Gasteiger charge is 2.42. The first-order valence-electron chi connectivity index (χ1n) is 13.9. The van der Waals surface area contributed by atoms with Crippen LogP contribution in [-0.4, -0.2) is 0 Å². The van der Waals surface area contributed by atoms with E-state index in [9.17, 15) is 0 Å². The van der Waals surface area contributed by atoms with Crippen LogP contribution in [0.2, 0.25) is 0 Å². The highest BCUT2D eigenvalue weighted by Crippen LogP contribution is 2.56. The average molecular weight is 441 g/mol. The molecule has 0 amide bonds. The summed E-state index contributed by atoms with van der Waals surface area (Å²) >= 11 is 0.